The number of nitrogens with one attached hydrogen (secondary N) is 2. The minimum absolute atomic E-state index is 0.540. The van der Waals surface area contributed by atoms with Crippen molar-refractivity contribution in [1.29, 1.82) is 0 Å². The van der Waals surface area contributed by atoms with Crippen LogP contribution in [-0.4, -0.2) is 52.5 Å². The molecular weight excluding hydrogens is 294 g/mol. The highest BCUT2D eigenvalue weighted by Crippen LogP contribution is 2.04. The van der Waals surface area contributed by atoms with Gasteiger partial charge in [0.05, 0.1) is 12.7 Å². The van der Waals surface area contributed by atoms with Crippen LogP contribution in [0, 0.1) is 0 Å². The van der Waals surface area contributed by atoms with Crippen LogP contribution >= 0.6 is 0 Å². The summed E-state index contributed by atoms with van der Waals surface area (Å²) in [5, 5.41) is 14.4. The first kappa shape index (κ1) is 16.7. The number of aliphatic imine (C=N–C) groups is 1. The Kier molecular flexibility index (Phi) is 6.83. The van der Waals surface area contributed by atoms with E-state index in [-0.39, 0.29) is 0 Å². The average molecular weight is 317 g/mol. The van der Waals surface area contributed by atoms with E-state index >= 15 is 0 Å². The summed E-state index contributed by atoms with van der Waals surface area (Å²) in [7, 11) is 1.74. The van der Waals surface area contributed by atoms with Gasteiger partial charge in [-0.2, -0.15) is 0 Å². The topological polar surface area (TPSA) is 89.2 Å². The molecule has 8 nitrogen and oxygen atoms in total. The lowest BCUT2D eigenvalue weighted by atomic mass is 10.4. The number of ether oxygens (including phenoxy) is 1. The molecule has 2 aromatic rings. The van der Waals surface area contributed by atoms with Crippen LogP contribution < -0.4 is 15.4 Å². The first-order chi connectivity index (χ1) is 11.3. The minimum Gasteiger partial charge on any atom is -0.490 e. The molecule has 0 aliphatic heterocycles. The number of rotatable bonds is 8. The normalized spacial score (nSPS) is 11.3. The molecule has 0 fully saturated rings. The SMILES string of the molecule is CCc1nncn1CCNC(=NC)NCCOc1cccnc1. The second-order valence-electron chi connectivity index (χ2n) is 4.76. The Morgan fingerprint density at radius 2 is 2.22 bits per heavy atom. The molecule has 0 bridgehead atoms. The molecule has 0 spiro atoms. The molecule has 0 aliphatic carbocycles. The lowest BCUT2D eigenvalue weighted by molar-refractivity contribution is 0.320. The van der Waals surface area contributed by atoms with Gasteiger partial charge in [0.25, 0.3) is 0 Å². The van der Waals surface area contributed by atoms with Crippen molar-refractivity contribution in [2.24, 2.45) is 4.99 Å². The Bertz CT molecular complexity index is 597. The molecule has 2 heterocycles. The standard InChI is InChI=1S/C15H23N7O/c1-3-14-21-20-12-22(14)9-7-18-15(16-2)19-8-10-23-13-5-4-6-17-11-13/h4-6,11-12H,3,7-10H2,1-2H3,(H2,16,18,19). The fraction of sp³-hybridized carbons (Fsp3) is 0.467. The summed E-state index contributed by atoms with van der Waals surface area (Å²) in [6, 6.07) is 3.73. The van der Waals surface area contributed by atoms with Gasteiger partial charge in [0, 0.05) is 32.8 Å². The van der Waals surface area contributed by atoms with Gasteiger partial charge in [0.15, 0.2) is 5.96 Å². The number of aryl methyl sites for hydroxylation is 1. The van der Waals surface area contributed by atoms with E-state index in [1.54, 1.807) is 25.8 Å². The highest BCUT2D eigenvalue weighted by Gasteiger charge is 2.02. The Morgan fingerprint density at radius 1 is 1.35 bits per heavy atom. The predicted octanol–water partition coefficient (Wildman–Crippen LogP) is 0.480. The molecule has 2 N–H and O–H groups in total. The Balaban J connectivity index is 1.63. The largest absolute Gasteiger partial charge is 0.490 e. The van der Waals surface area contributed by atoms with Crippen molar-refractivity contribution in [2.75, 3.05) is 26.7 Å². The van der Waals surface area contributed by atoms with Crippen molar-refractivity contribution in [3.63, 3.8) is 0 Å². The monoisotopic (exact) mass is 317 g/mol. The molecule has 0 aromatic carbocycles. The highest BCUT2D eigenvalue weighted by molar-refractivity contribution is 5.79. The maximum absolute atomic E-state index is 5.57. The van der Waals surface area contributed by atoms with Crippen molar-refractivity contribution in [3.05, 3.63) is 36.7 Å². The number of hydrogen-bond acceptors (Lipinski definition) is 5. The zero-order valence-electron chi connectivity index (χ0n) is 13.6. The number of guanidine groups is 1. The van der Waals surface area contributed by atoms with Gasteiger partial charge < -0.3 is 19.9 Å². The van der Waals surface area contributed by atoms with Crippen LogP contribution in [0.5, 0.6) is 5.75 Å². The molecule has 8 heteroatoms. The molecule has 0 unspecified atom stereocenters. The van der Waals surface area contributed by atoms with Crippen LogP contribution in [0.25, 0.3) is 0 Å². The number of pyridine rings is 1. The van der Waals surface area contributed by atoms with Gasteiger partial charge in [-0.1, -0.05) is 6.92 Å². The van der Waals surface area contributed by atoms with Crippen molar-refractivity contribution < 1.29 is 4.74 Å². The third kappa shape index (κ3) is 5.57. The summed E-state index contributed by atoms with van der Waals surface area (Å²) in [6.45, 7) is 4.80. The van der Waals surface area contributed by atoms with E-state index < -0.39 is 0 Å². The van der Waals surface area contributed by atoms with Crippen LogP contribution in [0.3, 0.4) is 0 Å². The van der Waals surface area contributed by atoms with E-state index in [2.05, 4.69) is 37.7 Å². The van der Waals surface area contributed by atoms with E-state index in [9.17, 15) is 0 Å². The lowest BCUT2D eigenvalue weighted by Crippen LogP contribution is -2.40. The van der Waals surface area contributed by atoms with E-state index in [4.69, 9.17) is 4.74 Å². The first-order valence-corrected chi connectivity index (χ1v) is 7.67. The molecule has 23 heavy (non-hydrogen) atoms. The Labute approximate surface area is 136 Å². The maximum Gasteiger partial charge on any atom is 0.191 e. The van der Waals surface area contributed by atoms with Crippen LogP contribution in [0.15, 0.2) is 35.8 Å². The van der Waals surface area contributed by atoms with Crippen molar-refractivity contribution in [1.82, 2.24) is 30.4 Å². The van der Waals surface area contributed by atoms with Crippen LogP contribution in [0.4, 0.5) is 0 Å². The Morgan fingerprint density at radius 3 is 2.96 bits per heavy atom. The van der Waals surface area contributed by atoms with E-state index in [0.29, 0.717) is 13.2 Å². The summed E-state index contributed by atoms with van der Waals surface area (Å²) in [5.41, 5.74) is 0. The van der Waals surface area contributed by atoms with Crippen LogP contribution in [-0.2, 0) is 13.0 Å². The molecule has 0 aliphatic rings. The van der Waals surface area contributed by atoms with Crippen molar-refractivity contribution in [3.8, 4) is 5.75 Å². The third-order valence-corrected chi connectivity index (χ3v) is 3.18. The first-order valence-electron chi connectivity index (χ1n) is 7.67. The summed E-state index contributed by atoms with van der Waals surface area (Å²) in [4.78, 5) is 8.18. The van der Waals surface area contributed by atoms with Gasteiger partial charge >= 0.3 is 0 Å². The molecule has 2 aromatic heterocycles. The van der Waals surface area contributed by atoms with Gasteiger partial charge in [0.2, 0.25) is 0 Å². The lowest BCUT2D eigenvalue weighted by Gasteiger charge is -2.13. The highest BCUT2D eigenvalue weighted by atomic mass is 16.5. The molecule has 0 atom stereocenters. The zero-order valence-corrected chi connectivity index (χ0v) is 13.6. The molecule has 0 saturated carbocycles. The van der Waals surface area contributed by atoms with Gasteiger partial charge in [-0.15, -0.1) is 10.2 Å². The van der Waals surface area contributed by atoms with E-state index in [0.717, 1.165) is 37.0 Å². The predicted molar refractivity (Wildman–Crippen MR) is 88.5 cm³/mol. The average Bonchev–Trinajstić information content (AvgIpc) is 3.05. The molecular formula is C15H23N7O. The van der Waals surface area contributed by atoms with Crippen molar-refractivity contribution in [2.45, 2.75) is 19.9 Å². The third-order valence-electron chi connectivity index (χ3n) is 3.18. The quantitative estimate of drug-likeness (QED) is 0.418. The molecule has 0 amide bonds. The second-order valence-corrected chi connectivity index (χ2v) is 4.76. The van der Waals surface area contributed by atoms with Gasteiger partial charge in [0.1, 0.15) is 24.5 Å². The fourth-order valence-corrected chi connectivity index (χ4v) is 2.03. The minimum atomic E-state index is 0.540. The molecule has 0 saturated heterocycles. The number of nitrogens with zero attached hydrogens (tertiary/aromatic N) is 5. The zero-order chi connectivity index (χ0) is 16.3. The van der Waals surface area contributed by atoms with E-state index in [1.807, 2.05) is 16.7 Å². The number of hydrogen-bond donors (Lipinski definition) is 2. The second kappa shape index (κ2) is 9.39. The molecule has 2 rings (SSSR count). The summed E-state index contributed by atoms with van der Waals surface area (Å²) < 4.78 is 7.60. The Hall–Kier alpha value is -2.64. The smallest absolute Gasteiger partial charge is 0.191 e. The summed E-state index contributed by atoms with van der Waals surface area (Å²) in [5.74, 6) is 2.49. The van der Waals surface area contributed by atoms with E-state index in [1.165, 1.54) is 0 Å². The molecule has 0 radical (unpaired) electrons. The fourth-order valence-electron chi connectivity index (χ4n) is 2.03. The maximum atomic E-state index is 5.57. The summed E-state index contributed by atoms with van der Waals surface area (Å²) in [6.07, 6.45) is 6.03. The number of aromatic nitrogens is 4. The van der Waals surface area contributed by atoms with Gasteiger partial charge in [-0.05, 0) is 12.1 Å². The van der Waals surface area contributed by atoms with Crippen molar-refractivity contribution >= 4 is 5.96 Å². The van der Waals surface area contributed by atoms with Crippen LogP contribution in [0.1, 0.15) is 12.7 Å². The summed E-state index contributed by atoms with van der Waals surface area (Å²) >= 11 is 0. The van der Waals surface area contributed by atoms with Gasteiger partial charge in [-0.3, -0.25) is 9.98 Å². The van der Waals surface area contributed by atoms with Gasteiger partial charge in [-0.25, -0.2) is 0 Å². The molecule has 124 valence electrons. The van der Waals surface area contributed by atoms with Crippen LogP contribution in [0.2, 0.25) is 0 Å².